The van der Waals surface area contributed by atoms with Gasteiger partial charge in [-0.15, -0.1) is 11.3 Å². The second kappa shape index (κ2) is 7.95. The number of hydrogen-bond acceptors (Lipinski definition) is 8. The topological polar surface area (TPSA) is 110 Å². The molecule has 0 radical (unpaired) electrons. The van der Waals surface area contributed by atoms with E-state index in [0.29, 0.717) is 27.5 Å². The molecule has 0 spiro atoms. The standard InChI is InChI=1S/C18H16N2O6S2/c1-3-26-17(24)15-11(10-6-9(25-2)4-5-12(10)19-15)7-13-16(23)20(8-14(21)22)18(27)28-13/h4-7,23H,3,8H2,1-2H3,(H,21,22)/b11-7+. The largest absolute Gasteiger partial charge is 0.497 e. The predicted octanol–water partition coefficient (Wildman–Crippen LogP) is 3.27. The zero-order valence-corrected chi connectivity index (χ0v) is 16.6. The molecular weight excluding hydrogens is 404 g/mol. The fourth-order valence-electron chi connectivity index (χ4n) is 2.68. The van der Waals surface area contributed by atoms with Gasteiger partial charge < -0.3 is 19.7 Å². The van der Waals surface area contributed by atoms with Crippen molar-refractivity contribution in [3.05, 3.63) is 32.6 Å². The first-order valence-electron chi connectivity index (χ1n) is 8.16. The molecule has 28 heavy (non-hydrogen) atoms. The van der Waals surface area contributed by atoms with Crippen LogP contribution in [-0.2, 0) is 20.9 Å². The minimum atomic E-state index is -1.13. The molecule has 146 valence electrons. The number of carboxylic acid groups (broad SMARTS) is 1. The van der Waals surface area contributed by atoms with Gasteiger partial charge in [-0.1, -0.05) is 0 Å². The number of hydrogen-bond donors (Lipinski definition) is 2. The number of carbonyl (C=O) groups excluding carboxylic acids is 1. The third kappa shape index (κ3) is 3.69. The zero-order valence-electron chi connectivity index (χ0n) is 15.0. The Morgan fingerprint density at radius 3 is 2.79 bits per heavy atom. The van der Waals surface area contributed by atoms with Crippen molar-refractivity contribution in [1.29, 1.82) is 0 Å². The Kier molecular flexibility index (Phi) is 5.61. The summed E-state index contributed by atoms with van der Waals surface area (Å²) in [6.07, 6.45) is 1.55. The number of carbonyl (C=O) groups is 2. The number of aliphatic carboxylic acids is 1. The molecule has 0 bridgehead atoms. The molecule has 2 N–H and O–H groups in total. The zero-order chi connectivity index (χ0) is 20.4. The van der Waals surface area contributed by atoms with Gasteiger partial charge in [0.2, 0.25) is 5.88 Å². The van der Waals surface area contributed by atoms with Crippen LogP contribution in [-0.4, -0.2) is 46.1 Å². The number of ether oxygens (including phenoxy) is 2. The molecule has 3 rings (SSSR count). The maximum atomic E-state index is 12.4. The van der Waals surface area contributed by atoms with Crippen LogP contribution in [0.3, 0.4) is 0 Å². The van der Waals surface area contributed by atoms with Gasteiger partial charge in [-0.05, 0) is 43.4 Å². The maximum absolute atomic E-state index is 12.4. The van der Waals surface area contributed by atoms with E-state index in [-0.39, 0.29) is 22.2 Å². The second-order valence-electron chi connectivity index (χ2n) is 5.66. The van der Waals surface area contributed by atoms with Gasteiger partial charge >= 0.3 is 11.9 Å². The molecule has 0 atom stereocenters. The monoisotopic (exact) mass is 420 g/mol. The third-order valence-corrected chi connectivity index (χ3v) is 5.30. The molecule has 1 aliphatic rings. The quantitative estimate of drug-likeness (QED) is 0.545. The lowest BCUT2D eigenvalue weighted by molar-refractivity contribution is -0.138. The van der Waals surface area contributed by atoms with Gasteiger partial charge in [0.1, 0.15) is 12.3 Å². The number of carboxylic acids is 1. The molecular formula is C18H16N2O6S2. The van der Waals surface area contributed by atoms with E-state index in [2.05, 4.69) is 4.99 Å². The number of aromatic nitrogens is 1. The third-order valence-electron chi connectivity index (χ3n) is 3.91. The highest BCUT2D eigenvalue weighted by molar-refractivity contribution is 7.73. The molecule has 2 aromatic rings. The molecule has 0 saturated heterocycles. The van der Waals surface area contributed by atoms with Crippen molar-refractivity contribution in [3.63, 3.8) is 0 Å². The summed E-state index contributed by atoms with van der Waals surface area (Å²) in [5, 5.41) is 19.4. The van der Waals surface area contributed by atoms with Crippen LogP contribution in [0.5, 0.6) is 11.6 Å². The molecule has 0 saturated carbocycles. The van der Waals surface area contributed by atoms with E-state index in [1.165, 1.54) is 7.11 Å². The molecule has 1 aromatic carbocycles. The van der Waals surface area contributed by atoms with Crippen molar-refractivity contribution in [2.24, 2.45) is 4.99 Å². The molecule has 1 aliphatic heterocycles. The molecule has 8 nitrogen and oxygen atoms in total. The van der Waals surface area contributed by atoms with Crippen molar-refractivity contribution in [3.8, 4) is 11.6 Å². The summed E-state index contributed by atoms with van der Waals surface area (Å²) in [5.74, 6) is -1.44. The summed E-state index contributed by atoms with van der Waals surface area (Å²) in [4.78, 5) is 28.0. The Morgan fingerprint density at radius 1 is 1.39 bits per heavy atom. The lowest BCUT2D eigenvalue weighted by Crippen LogP contribution is -2.16. The summed E-state index contributed by atoms with van der Waals surface area (Å²) >= 11 is 6.18. The number of aliphatic imine (C=N–C) groups is 1. The summed E-state index contributed by atoms with van der Waals surface area (Å²) in [6.45, 7) is 1.41. The first-order chi connectivity index (χ1) is 13.3. The Labute approximate surface area is 169 Å². The van der Waals surface area contributed by atoms with Crippen molar-refractivity contribution < 1.29 is 29.3 Å². The van der Waals surface area contributed by atoms with Gasteiger partial charge in [-0.2, -0.15) is 0 Å². The first kappa shape index (κ1) is 19.8. The van der Waals surface area contributed by atoms with E-state index in [4.69, 9.17) is 26.8 Å². The number of fused-ring (bicyclic) bond motifs is 1. The average molecular weight is 420 g/mol. The average Bonchev–Trinajstić information content (AvgIpc) is 3.14. The molecule has 2 heterocycles. The summed E-state index contributed by atoms with van der Waals surface area (Å²) in [7, 11) is 1.52. The molecule has 10 heteroatoms. The van der Waals surface area contributed by atoms with Crippen LogP contribution in [0.4, 0.5) is 5.69 Å². The number of aromatic hydroxyl groups is 1. The van der Waals surface area contributed by atoms with E-state index in [0.717, 1.165) is 15.9 Å². The molecule has 0 fully saturated rings. The lowest BCUT2D eigenvalue weighted by Gasteiger charge is -2.06. The van der Waals surface area contributed by atoms with Crippen LogP contribution in [0.25, 0.3) is 11.6 Å². The van der Waals surface area contributed by atoms with Crippen molar-refractivity contribution in [2.75, 3.05) is 13.7 Å². The van der Waals surface area contributed by atoms with Crippen LogP contribution in [0, 0.1) is 3.95 Å². The summed E-state index contributed by atoms with van der Waals surface area (Å²) in [5.41, 5.74) is 1.71. The Bertz CT molecular complexity index is 1080. The van der Waals surface area contributed by atoms with Gasteiger partial charge in [0.15, 0.2) is 9.67 Å². The highest BCUT2D eigenvalue weighted by Gasteiger charge is 2.29. The molecule has 0 aliphatic carbocycles. The van der Waals surface area contributed by atoms with Gasteiger partial charge in [0.05, 0.1) is 24.3 Å². The summed E-state index contributed by atoms with van der Waals surface area (Å²) < 4.78 is 11.6. The van der Waals surface area contributed by atoms with Gasteiger partial charge in [0.25, 0.3) is 0 Å². The SMILES string of the molecule is CCOC(=O)C1=Nc2ccc(OC)cc2/C1=C\c1sc(=S)n(CC(=O)O)c1O. The smallest absolute Gasteiger partial charge is 0.357 e. The first-order valence-corrected chi connectivity index (χ1v) is 9.38. The number of nitrogens with zero attached hydrogens (tertiary/aromatic N) is 2. The highest BCUT2D eigenvalue weighted by atomic mass is 32.1. The summed E-state index contributed by atoms with van der Waals surface area (Å²) in [6, 6.07) is 5.16. The number of thiazole rings is 1. The fraction of sp³-hybridized carbons (Fsp3) is 0.222. The van der Waals surface area contributed by atoms with E-state index in [1.807, 2.05) is 0 Å². The van der Waals surface area contributed by atoms with Crippen LogP contribution < -0.4 is 4.74 Å². The Morgan fingerprint density at radius 2 is 2.14 bits per heavy atom. The lowest BCUT2D eigenvalue weighted by atomic mass is 10.0. The van der Waals surface area contributed by atoms with E-state index >= 15 is 0 Å². The van der Waals surface area contributed by atoms with Crippen molar-refractivity contribution >= 4 is 58.5 Å². The molecule has 0 unspecified atom stereocenters. The fourth-order valence-corrected chi connectivity index (χ4v) is 3.93. The van der Waals surface area contributed by atoms with Crippen molar-refractivity contribution in [2.45, 2.75) is 13.5 Å². The van der Waals surface area contributed by atoms with E-state index in [1.54, 1.807) is 31.2 Å². The number of benzene rings is 1. The van der Waals surface area contributed by atoms with Gasteiger partial charge in [-0.25, -0.2) is 9.79 Å². The Hall–Kier alpha value is -2.98. The van der Waals surface area contributed by atoms with Crippen LogP contribution in [0.2, 0.25) is 0 Å². The second-order valence-corrected chi connectivity index (χ2v) is 7.33. The Balaban J connectivity index is 2.15. The normalized spacial score (nSPS) is 13.9. The van der Waals surface area contributed by atoms with Crippen LogP contribution in [0.1, 0.15) is 17.4 Å². The number of methoxy groups -OCH3 is 1. The van der Waals surface area contributed by atoms with Crippen LogP contribution in [0.15, 0.2) is 23.2 Å². The molecule has 0 amide bonds. The van der Waals surface area contributed by atoms with Crippen molar-refractivity contribution in [1.82, 2.24) is 4.57 Å². The van der Waals surface area contributed by atoms with Gasteiger partial charge in [-0.3, -0.25) is 9.36 Å². The van der Waals surface area contributed by atoms with Crippen LogP contribution >= 0.6 is 23.6 Å². The highest BCUT2D eigenvalue weighted by Crippen LogP contribution is 2.40. The predicted molar refractivity (Wildman–Crippen MR) is 107 cm³/mol. The molecule has 1 aromatic heterocycles. The minimum Gasteiger partial charge on any atom is -0.497 e. The minimum absolute atomic E-state index is 0.0913. The maximum Gasteiger partial charge on any atom is 0.357 e. The number of rotatable bonds is 6. The van der Waals surface area contributed by atoms with E-state index < -0.39 is 18.5 Å². The van der Waals surface area contributed by atoms with E-state index in [9.17, 15) is 14.7 Å². The van der Waals surface area contributed by atoms with Gasteiger partial charge in [0, 0.05) is 11.1 Å². The number of esters is 1.